The summed E-state index contributed by atoms with van der Waals surface area (Å²) >= 11 is 6.95. The molecule has 2 aromatic carbocycles. The Balaban J connectivity index is 1.58. The third kappa shape index (κ3) is 5.24. The van der Waals surface area contributed by atoms with Crippen LogP contribution >= 0.6 is 22.9 Å². The molecule has 0 fully saturated rings. The van der Waals surface area contributed by atoms with Crippen molar-refractivity contribution >= 4 is 51.7 Å². The van der Waals surface area contributed by atoms with Gasteiger partial charge in [-0.15, -0.1) is 0 Å². The van der Waals surface area contributed by atoms with Crippen molar-refractivity contribution in [3.8, 4) is 0 Å². The van der Waals surface area contributed by atoms with Crippen LogP contribution in [0.2, 0.25) is 5.02 Å². The number of benzene rings is 2. The van der Waals surface area contributed by atoms with Gasteiger partial charge < -0.3 is 5.32 Å². The Morgan fingerprint density at radius 1 is 1.03 bits per heavy atom. The second kappa shape index (κ2) is 9.09. The minimum absolute atomic E-state index is 0.00722. The van der Waals surface area contributed by atoms with Crippen LogP contribution in [0.25, 0.3) is 0 Å². The van der Waals surface area contributed by atoms with E-state index in [0.29, 0.717) is 26.7 Å². The number of thiophene rings is 1. The molecule has 0 bridgehead atoms. The van der Waals surface area contributed by atoms with E-state index >= 15 is 0 Å². The highest BCUT2D eigenvalue weighted by atomic mass is 35.5. The molecule has 29 heavy (non-hydrogen) atoms. The predicted molar refractivity (Wildman–Crippen MR) is 112 cm³/mol. The van der Waals surface area contributed by atoms with E-state index in [9.17, 15) is 19.7 Å². The molecule has 10 heteroatoms. The molecule has 1 aromatic heterocycles. The number of nitrogens with zero attached hydrogens (tertiary/aromatic N) is 2. The van der Waals surface area contributed by atoms with Crippen LogP contribution in [-0.4, -0.2) is 23.0 Å². The number of hydrogen-bond donors (Lipinski definition) is 2. The first-order chi connectivity index (χ1) is 13.9. The third-order valence-electron chi connectivity index (χ3n) is 3.67. The lowest BCUT2D eigenvalue weighted by Crippen LogP contribution is -2.17. The molecule has 0 aliphatic heterocycles. The van der Waals surface area contributed by atoms with Gasteiger partial charge >= 0.3 is 5.00 Å². The lowest BCUT2D eigenvalue weighted by Gasteiger charge is -2.07. The van der Waals surface area contributed by atoms with Crippen molar-refractivity contribution in [2.75, 3.05) is 5.32 Å². The Bertz CT molecular complexity index is 1100. The summed E-state index contributed by atoms with van der Waals surface area (Å²) in [5, 5.41) is 17.5. The fraction of sp³-hybridized carbons (Fsp3) is 0. The normalized spacial score (nSPS) is 10.7. The second-order valence-electron chi connectivity index (χ2n) is 5.64. The molecule has 146 valence electrons. The molecule has 0 saturated heterocycles. The Labute approximate surface area is 174 Å². The third-order valence-corrected chi connectivity index (χ3v) is 4.97. The number of anilines is 1. The monoisotopic (exact) mass is 428 g/mol. The quantitative estimate of drug-likeness (QED) is 0.345. The highest BCUT2D eigenvalue weighted by molar-refractivity contribution is 7.16. The van der Waals surface area contributed by atoms with E-state index in [4.69, 9.17) is 11.6 Å². The first-order valence-corrected chi connectivity index (χ1v) is 9.37. The van der Waals surface area contributed by atoms with E-state index in [2.05, 4.69) is 15.8 Å². The lowest BCUT2D eigenvalue weighted by atomic mass is 10.1. The summed E-state index contributed by atoms with van der Waals surface area (Å²) in [6, 6.07) is 15.8. The predicted octanol–water partition coefficient (Wildman–Crippen LogP) is 4.33. The van der Waals surface area contributed by atoms with Gasteiger partial charge in [-0.2, -0.15) is 5.10 Å². The fourth-order valence-electron chi connectivity index (χ4n) is 2.28. The Hall–Kier alpha value is -3.56. The second-order valence-corrected chi connectivity index (χ2v) is 7.14. The van der Waals surface area contributed by atoms with Gasteiger partial charge in [0.1, 0.15) is 0 Å². The molecule has 0 radical (unpaired) electrons. The molecule has 0 unspecified atom stereocenters. The number of rotatable bonds is 6. The molecule has 1 heterocycles. The highest BCUT2D eigenvalue weighted by Gasteiger charge is 2.11. The summed E-state index contributed by atoms with van der Waals surface area (Å²) < 4.78 is 0. The summed E-state index contributed by atoms with van der Waals surface area (Å²) in [5.41, 5.74) is 3.52. The van der Waals surface area contributed by atoms with Crippen molar-refractivity contribution in [1.29, 1.82) is 0 Å². The van der Waals surface area contributed by atoms with Crippen molar-refractivity contribution in [3.63, 3.8) is 0 Å². The maximum absolute atomic E-state index is 12.2. The van der Waals surface area contributed by atoms with Crippen LogP contribution in [0.1, 0.15) is 25.6 Å². The summed E-state index contributed by atoms with van der Waals surface area (Å²) in [4.78, 5) is 35.0. The van der Waals surface area contributed by atoms with Crippen LogP contribution < -0.4 is 10.7 Å². The van der Waals surface area contributed by atoms with E-state index in [1.165, 1.54) is 30.5 Å². The lowest BCUT2D eigenvalue weighted by molar-refractivity contribution is -0.380. The van der Waals surface area contributed by atoms with Gasteiger partial charge in [0, 0.05) is 17.3 Å². The van der Waals surface area contributed by atoms with Crippen LogP contribution in [0.4, 0.5) is 10.7 Å². The van der Waals surface area contributed by atoms with E-state index in [-0.39, 0.29) is 10.9 Å². The molecule has 0 aliphatic rings. The zero-order valence-corrected chi connectivity index (χ0v) is 16.2. The maximum atomic E-state index is 12.2. The first kappa shape index (κ1) is 20.2. The van der Waals surface area contributed by atoms with Crippen molar-refractivity contribution in [2.45, 2.75) is 0 Å². The Morgan fingerprint density at radius 2 is 1.76 bits per heavy atom. The highest BCUT2D eigenvalue weighted by Crippen LogP contribution is 2.22. The van der Waals surface area contributed by atoms with Crippen molar-refractivity contribution in [3.05, 3.63) is 91.8 Å². The number of hydrazone groups is 1. The summed E-state index contributed by atoms with van der Waals surface area (Å²) in [6.45, 7) is 0. The first-order valence-electron chi connectivity index (χ1n) is 8.17. The van der Waals surface area contributed by atoms with Gasteiger partial charge in [-0.25, -0.2) is 5.43 Å². The number of amides is 2. The standard InChI is InChI=1S/C19H13ClN4O4S/c20-16-4-2-1-3-15(16)19(26)22-13-7-5-12(6-8-13)18(25)23-21-11-14-9-10-17(29-14)24(27)28/h1-11H,(H,22,26)(H,23,25)/b21-11+. The fourth-order valence-corrected chi connectivity index (χ4v) is 3.19. The van der Waals surface area contributed by atoms with E-state index < -0.39 is 10.8 Å². The number of hydrogen-bond acceptors (Lipinski definition) is 6. The number of nitrogens with one attached hydrogen (secondary N) is 2. The molecule has 0 aliphatic carbocycles. The molecule has 0 spiro atoms. The van der Waals surface area contributed by atoms with Crippen LogP contribution in [-0.2, 0) is 0 Å². The van der Waals surface area contributed by atoms with Gasteiger partial charge in [0.2, 0.25) is 0 Å². The molecule has 0 saturated carbocycles. The number of carbonyl (C=O) groups excluding carboxylic acids is 2. The summed E-state index contributed by atoms with van der Waals surface area (Å²) in [6.07, 6.45) is 1.33. The van der Waals surface area contributed by atoms with Crippen LogP contribution in [0, 0.1) is 10.1 Å². The molecule has 3 aromatic rings. The zero-order valence-electron chi connectivity index (χ0n) is 14.7. The Kier molecular flexibility index (Phi) is 6.32. The van der Waals surface area contributed by atoms with Crippen molar-refractivity contribution < 1.29 is 14.5 Å². The van der Waals surface area contributed by atoms with E-state index in [1.807, 2.05) is 0 Å². The molecule has 0 atom stereocenters. The molecule has 2 amide bonds. The average molecular weight is 429 g/mol. The van der Waals surface area contributed by atoms with Gasteiger partial charge in [-0.3, -0.25) is 19.7 Å². The van der Waals surface area contributed by atoms with Crippen LogP contribution in [0.15, 0.2) is 65.8 Å². The van der Waals surface area contributed by atoms with Gasteiger partial charge in [0.15, 0.2) is 0 Å². The molecular weight excluding hydrogens is 416 g/mol. The largest absolute Gasteiger partial charge is 0.324 e. The van der Waals surface area contributed by atoms with Crippen LogP contribution in [0.5, 0.6) is 0 Å². The van der Waals surface area contributed by atoms with E-state index in [0.717, 1.165) is 11.3 Å². The topological polar surface area (TPSA) is 114 Å². The molecule has 2 N–H and O–H groups in total. The van der Waals surface area contributed by atoms with Crippen molar-refractivity contribution in [1.82, 2.24) is 5.43 Å². The minimum Gasteiger partial charge on any atom is -0.322 e. The number of carbonyl (C=O) groups is 2. The number of nitro groups is 1. The summed E-state index contributed by atoms with van der Waals surface area (Å²) in [5.74, 6) is -0.821. The minimum atomic E-state index is -0.493. The Morgan fingerprint density at radius 3 is 2.41 bits per heavy atom. The van der Waals surface area contributed by atoms with Gasteiger partial charge in [0.25, 0.3) is 11.8 Å². The van der Waals surface area contributed by atoms with E-state index in [1.54, 1.807) is 36.4 Å². The van der Waals surface area contributed by atoms with Gasteiger partial charge in [0.05, 0.1) is 26.6 Å². The molecular formula is C19H13ClN4O4S. The van der Waals surface area contributed by atoms with Crippen molar-refractivity contribution in [2.24, 2.45) is 5.10 Å². The summed E-state index contributed by atoms with van der Waals surface area (Å²) in [7, 11) is 0. The SMILES string of the molecule is O=C(N/N=C/c1ccc([N+](=O)[O-])s1)c1ccc(NC(=O)c2ccccc2Cl)cc1. The van der Waals surface area contributed by atoms with Gasteiger partial charge in [-0.05, 0) is 42.5 Å². The average Bonchev–Trinajstić information content (AvgIpc) is 3.18. The molecule has 3 rings (SSSR count). The zero-order chi connectivity index (χ0) is 20.8. The smallest absolute Gasteiger partial charge is 0.322 e. The number of halogens is 1. The molecule has 8 nitrogen and oxygen atoms in total. The van der Waals surface area contributed by atoms with Gasteiger partial charge in [-0.1, -0.05) is 35.1 Å². The maximum Gasteiger partial charge on any atom is 0.324 e. The van der Waals surface area contributed by atoms with Crippen LogP contribution in [0.3, 0.4) is 0 Å².